The summed E-state index contributed by atoms with van der Waals surface area (Å²) >= 11 is 0. The summed E-state index contributed by atoms with van der Waals surface area (Å²) in [6.45, 7) is 16.6. The molecule has 0 bridgehead atoms. The fraction of sp³-hybridized carbons (Fsp3) is 0.750. The smallest absolute Gasteiger partial charge is 0.410 e. The van der Waals surface area contributed by atoms with E-state index in [1.54, 1.807) is 31.3 Å². The standard InChI is InChI=1S/C44H70N6O9/c1-13-37-44(8)36(50(42(53)59-44)20-15-14-19-49-25-34(46-26-49)32-17-16-18-45-24-32)22-33(47-55-12)27(2)23-43(7,54-11)39(30(5)38(51)31(6)40(52)57-37)58-41-29(4)35(48(9)10)21-28(3)56-41/h16-18,24-31,35-39,41,51H,13-15,19-23H2,1-12H3/b47-33-/t27-,28-,29-,30+,31-,35+,36-,37-,38+,39-,41?,43+,44+/m1/s1. The van der Waals surface area contributed by atoms with Gasteiger partial charge in [-0.05, 0) is 86.0 Å². The molecule has 3 aliphatic heterocycles. The Bertz CT molecular complexity index is 1710. The number of fused-ring (bicyclic) bond motifs is 1. The van der Waals surface area contributed by atoms with Crippen molar-refractivity contribution in [2.45, 2.75) is 154 Å². The highest BCUT2D eigenvalue weighted by atomic mass is 16.7. The molecule has 3 saturated heterocycles. The molecule has 0 spiro atoms. The molecule has 5 heterocycles. The SMILES string of the molecule is CC[C@H]1OC(=O)[C@H](C)[C@@H](O)[C@H](C)[C@@H](OC2O[C@H](C)C[C@H](N(C)C)[C@H]2C)[C@@](C)(OC)C[C@@H](C)/C(=N\OC)C[C@H]2N(CCCCn3cnc(-c4cccnc4)c3)C(=O)O[C@]12C. The van der Waals surface area contributed by atoms with Gasteiger partial charge in [-0.15, -0.1) is 0 Å². The highest BCUT2D eigenvalue weighted by Gasteiger charge is 2.58. The van der Waals surface area contributed by atoms with Gasteiger partial charge in [0.1, 0.15) is 13.2 Å². The number of amides is 1. The number of cyclic esters (lactones) is 1. The first-order chi connectivity index (χ1) is 28.0. The molecule has 5 rings (SSSR count). The van der Waals surface area contributed by atoms with Crippen molar-refractivity contribution < 1.29 is 43.2 Å². The number of imidazole rings is 1. The van der Waals surface area contributed by atoms with Crippen molar-refractivity contribution in [2.24, 2.45) is 28.8 Å². The first-order valence-electron chi connectivity index (χ1n) is 21.4. The van der Waals surface area contributed by atoms with Gasteiger partial charge in [-0.2, -0.15) is 0 Å². The van der Waals surface area contributed by atoms with Gasteiger partial charge in [0.05, 0.1) is 53.6 Å². The number of aryl methyl sites for hydroxylation is 1. The van der Waals surface area contributed by atoms with Crippen LogP contribution in [0.1, 0.15) is 93.9 Å². The maximum atomic E-state index is 14.1. The summed E-state index contributed by atoms with van der Waals surface area (Å²) in [5, 5.41) is 16.6. The minimum atomic E-state index is -1.23. The van der Waals surface area contributed by atoms with E-state index in [2.05, 4.69) is 48.0 Å². The van der Waals surface area contributed by atoms with E-state index in [4.69, 9.17) is 28.5 Å². The summed E-state index contributed by atoms with van der Waals surface area (Å²) in [5.41, 5.74) is 0.253. The van der Waals surface area contributed by atoms with E-state index < -0.39 is 65.7 Å². The average molecular weight is 827 g/mol. The molecular formula is C44H70N6O9. The van der Waals surface area contributed by atoms with Gasteiger partial charge in [0.2, 0.25) is 0 Å². The minimum Gasteiger partial charge on any atom is -0.458 e. The van der Waals surface area contributed by atoms with Crippen LogP contribution < -0.4 is 0 Å². The highest BCUT2D eigenvalue weighted by Crippen LogP contribution is 2.42. The molecule has 1 amide bonds. The first kappa shape index (κ1) is 46.4. The molecule has 2 aromatic heterocycles. The Balaban J connectivity index is 1.45. The van der Waals surface area contributed by atoms with Gasteiger partial charge >= 0.3 is 12.1 Å². The van der Waals surface area contributed by atoms with E-state index in [0.29, 0.717) is 44.5 Å². The van der Waals surface area contributed by atoms with Crippen LogP contribution in [-0.2, 0) is 39.9 Å². The van der Waals surface area contributed by atoms with Gasteiger partial charge in [0.25, 0.3) is 0 Å². The second kappa shape index (κ2) is 19.8. The molecule has 0 radical (unpaired) electrons. The number of nitrogens with zero attached hydrogens (tertiary/aromatic N) is 6. The second-order valence-corrected chi connectivity index (χ2v) is 17.8. The normalized spacial score (nSPS) is 36.9. The van der Waals surface area contributed by atoms with Gasteiger partial charge in [-0.1, -0.05) is 32.9 Å². The number of aliphatic hydroxyl groups excluding tert-OH is 1. The number of unbranched alkanes of at least 4 members (excludes halogenated alkanes) is 1. The van der Waals surface area contributed by atoms with E-state index in [-0.39, 0.29) is 24.0 Å². The molecular weight excluding hydrogens is 757 g/mol. The number of hydrogen-bond acceptors (Lipinski definition) is 13. The maximum Gasteiger partial charge on any atom is 0.410 e. The molecule has 15 heteroatoms. The number of rotatable bonds is 12. The van der Waals surface area contributed by atoms with Crippen molar-refractivity contribution in [3.63, 3.8) is 0 Å². The van der Waals surface area contributed by atoms with Crippen LogP contribution in [0, 0.1) is 23.7 Å². The number of ether oxygens (including phenoxy) is 5. The number of aromatic nitrogens is 3. The number of carbonyl (C=O) groups excluding carboxylic acids is 2. The third-order valence-electron chi connectivity index (χ3n) is 13.3. The van der Waals surface area contributed by atoms with E-state index in [0.717, 1.165) is 24.1 Å². The number of methoxy groups -OCH3 is 1. The number of pyridine rings is 1. The van der Waals surface area contributed by atoms with E-state index >= 15 is 0 Å². The fourth-order valence-corrected chi connectivity index (χ4v) is 9.58. The van der Waals surface area contributed by atoms with E-state index in [1.807, 2.05) is 63.8 Å². The molecule has 330 valence electrons. The predicted octanol–water partition coefficient (Wildman–Crippen LogP) is 6.18. The van der Waals surface area contributed by atoms with Crippen LogP contribution in [0.4, 0.5) is 4.79 Å². The Morgan fingerprint density at radius 2 is 1.80 bits per heavy atom. The zero-order chi connectivity index (χ0) is 43.2. The van der Waals surface area contributed by atoms with Crippen LogP contribution in [0.3, 0.4) is 0 Å². The van der Waals surface area contributed by atoms with Crippen LogP contribution >= 0.6 is 0 Å². The monoisotopic (exact) mass is 827 g/mol. The molecule has 59 heavy (non-hydrogen) atoms. The molecule has 15 nitrogen and oxygen atoms in total. The predicted molar refractivity (Wildman–Crippen MR) is 223 cm³/mol. The largest absolute Gasteiger partial charge is 0.458 e. The van der Waals surface area contributed by atoms with Gasteiger partial charge in [0.15, 0.2) is 11.9 Å². The first-order valence-corrected chi connectivity index (χ1v) is 21.4. The zero-order valence-electron chi connectivity index (χ0n) is 37.4. The average Bonchev–Trinajstić information content (AvgIpc) is 3.78. The molecule has 2 aromatic rings. The molecule has 3 fully saturated rings. The lowest BCUT2D eigenvalue weighted by molar-refractivity contribution is -0.287. The summed E-state index contributed by atoms with van der Waals surface area (Å²) in [7, 11) is 7.28. The zero-order valence-corrected chi connectivity index (χ0v) is 37.4. The van der Waals surface area contributed by atoms with Crippen LogP contribution in [0.2, 0.25) is 0 Å². The Morgan fingerprint density at radius 3 is 2.44 bits per heavy atom. The molecule has 13 atom stereocenters. The summed E-state index contributed by atoms with van der Waals surface area (Å²) < 4.78 is 34.4. The van der Waals surface area contributed by atoms with Gasteiger partial charge in [0, 0.05) is 74.6 Å². The third-order valence-corrected chi connectivity index (χ3v) is 13.3. The minimum absolute atomic E-state index is 0.00306. The quantitative estimate of drug-likeness (QED) is 0.147. The van der Waals surface area contributed by atoms with Crippen molar-refractivity contribution in [1.29, 1.82) is 0 Å². The van der Waals surface area contributed by atoms with E-state index in [9.17, 15) is 14.7 Å². The Morgan fingerprint density at radius 1 is 1.07 bits per heavy atom. The summed E-state index contributed by atoms with van der Waals surface area (Å²) in [6.07, 6.45) is 6.90. The highest BCUT2D eigenvalue weighted by molar-refractivity contribution is 5.88. The van der Waals surface area contributed by atoms with Gasteiger partial charge in [-0.3, -0.25) is 9.78 Å². The van der Waals surface area contributed by atoms with E-state index in [1.165, 1.54) is 7.11 Å². The van der Waals surface area contributed by atoms with Crippen molar-refractivity contribution in [2.75, 3.05) is 34.9 Å². The maximum absolute atomic E-state index is 14.1. The molecule has 0 aliphatic carbocycles. The van der Waals surface area contributed by atoms with Crippen molar-refractivity contribution >= 4 is 17.8 Å². The Labute approximate surface area is 351 Å². The third kappa shape index (κ3) is 10.3. The lowest BCUT2D eigenvalue weighted by Gasteiger charge is -2.48. The molecule has 1 N–H and O–H groups in total. The number of hydrogen-bond donors (Lipinski definition) is 1. The molecule has 0 saturated carbocycles. The van der Waals surface area contributed by atoms with Gasteiger partial charge < -0.3 is 48.0 Å². The van der Waals surface area contributed by atoms with Crippen LogP contribution in [0.5, 0.6) is 0 Å². The van der Waals surface area contributed by atoms with Crippen molar-refractivity contribution in [1.82, 2.24) is 24.3 Å². The number of esters is 1. The summed E-state index contributed by atoms with van der Waals surface area (Å²) in [6, 6.07) is 3.51. The fourth-order valence-electron chi connectivity index (χ4n) is 9.58. The summed E-state index contributed by atoms with van der Waals surface area (Å²) in [5.74, 6) is -2.36. The molecule has 0 aromatic carbocycles. The topological polar surface area (TPSA) is 159 Å². The lowest BCUT2D eigenvalue weighted by atomic mass is 9.75. The number of aliphatic hydroxyl groups is 1. The van der Waals surface area contributed by atoms with Crippen LogP contribution in [-0.4, -0.2) is 136 Å². The van der Waals surface area contributed by atoms with Crippen molar-refractivity contribution in [3.8, 4) is 11.3 Å². The Kier molecular flexibility index (Phi) is 15.6. The number of oxime groups is 1. The molecule has 3 aliphatic rings. The number of carbonyl (C=O) groups is 2. The van der Waals surface area contributed by atoms with Crippen molar-refractivity contribution in [3.05, 3.63) is 37.1 Å². The lowest BCUT2D eigenvalue weighted by Crippen LogP contribution is -2.58. The van der Waals surface area contributed by atoms with Crippen LogP contribution in [0.15, 0.2) is 42.2 Å². The van der Waals surface area contributed by atoms with Gasteiger partial charge in [-0.25, -0.2) is 9.78 Å². The molecule has 1 unspecified atom stereocenters. The Hall–Kier alpha value is -3.63. The van der Waals surface area contributed by atoms with Crippen LogP contribution in [0.25, 0.3) is 11.3 Å². The summed E-state index contributed by atoms with van der Waals surface area (Å²) in [4.78, 5) is 46.2. The second-order valence-electron chi connectivity index (χ2n) is 17.8.